The number of nitrogens with one attached hydrogen (secondary N) is 1. The molecule has 1 aromatic rings. The summed E-state index contributed by atoms with van der Waals surface area (Å²) in [5.41, 5.74) is 3.67. The summed E-state index contributed by atoms with van der Waals surface area (Å²) in [7, 11) is 3.79. The molecule has 0 fully saturated rings. The second kappa shape index (κ2) is 12.9. The number of carbonyl (C=O) groups excluding carboxylic acids is 3. The molecule has 35 heavy (non-hydrogen) atoms. The van der Waals surface area contributed by atoms with Gasteiger partial charge in [0, 0.05) is 23.5 Å². The van der Waals surface area contributed by atoms with Gasteiger partial charge in [-0.25, -0.2) is 14.4 Å². The van der Waals surface area contributed by atoms with Gasteiger partial charge in [0.1, 0.15) is 0 Å². The van der Waals surface area contributed by atoms with Crippen molar-refractivity contribution in [3.63, 3.8) is 0 Å². The Morgan fingerprint density at radius 2 is 1.51 bits per heavy atom. The smallest absolute Gasteiger partial charge is 0.336 e. The molecule has 0 spiro atoms. The zero-order chi connectivity index (χ0) is 26.1. The minimum Gasteiger partial charge on any atom is -0.463 e. The normalized spacial score (nSPS) is 16.2. The molecule has 1 unspecified atom stereocenters. The molecular formula is C27H36N2O6. The van der Waals surface area contributed by atoms with Crippen LogP contribution in [-0.2, 0) is 28.6 Å². The lowest BCUT2D eigenvalue weighted by Crippen LogP contribution is -2.37. The van der Waals surface area contributed by atoms with Crippen molar-refractivity contribution >= 4 is 24.0 Å². The van der Waals surface area contributed by atoms with Crippen molar-refractivity contribution in [1.82, 2.24) is 10.2 Å². The topological polar surface area (TPSA) is 94.2 Å². The zero-order valence-electron chi connectivity index (χ0n) is 21.7. The maximum absolute atomic E-state index is 13.3. The van der Waals surface area contributed by atoms with Crippen LogP contribution in [0.1, 0.15) is 51.7 Å². The Balaban J connectivity index is 2.83. The van der Waals surface area contributed by atoms with E-state index in [1.54, 1.807) is 40.7 Å². The predicted molar refractivity (Wildman–Crippen MR) is 134 cm³/mol. The van der Waals surface area contributed by atoms with Crippen molar-refractivity contribution in [2.75, 3.05) is 40.5 Å². The van der Waals surface area contributed by atoms with Crippen molar-refractivity contribution in [2.24, 2.45) is 0 Å². The van der Waals surface area contributed by atoms with E-state index in [-0.39, 0.29) is 19.8 Å². The standard InChI is InChI=1S/C27H36N2O6/c1-8-33-25(30)17(4)15-19-13-11-12-14-20(19)23-22(26(31)34-9-2)18(5)28-21(16-29(6)7)24(23)27(32)35-10-3/h11-15,23,28H,8-10,16H2,1-7H3/b17-15+. The van der Waals surface area contributed by atoms with E-state index in [9.17, 15) is 14.4 Å². The lowest BCUT2D eigenvalue weighted by Gasteiger charge is -2.33. The first-order chi connectivity index (χ1) is 16.7. The number of hydrogen-bond acceptors (Lipinski definition) is 8. The van der Waals surface area contributed by atoms with Crippen LogP contribution in [0.3, 0.4) is 0 Å². The number of allylic oxidation sites excluding steroid dienone is 1. The van der Waals surface area contributed by atoms with Crippen molar-refractivity contribution < 1.29 is 28.6 Å². The van der Waals surface area contributed by atoms with Crippen molar-refractivity contribution in [3.8, 4) is 0 Å². The number of hydrogen-bond donors (Lipinski definition) is 1. The van der Waals surface area contributed by atoms with E-state index in [2.05, 4.69) is 5.32 Å². The third-order valence-electron chi connectivity index (χ3n) is 5.39. The number of carbonyl (C=O) groups is 3. The minimum atomic E-state index is -0.758. The molecule has 1 atom stereocenters. The third-order valence-corrected chi connectivity index (χ3v) is 5.39. The lowest BCUT2D eigenvalue weighted by atomic mass is 9.78. The van der Waals surface area contributed by atoms with Crippen LogP contribution < -0.4 is 5.32 Å². The number of benzene rings is 1. The molecule has 1 aliphatic heterocycles. The second-order valence-corrected chi connectivity index (χ2v) is 8.34. The maximum Gasteiger partial charge on any atom is 0.336 e. The first-order valence-corrected chi connectivity index (χ1v) is 11.8. The van der Waals surface area contributed by atoms with Gasteiger partial charge in [-0.2, -0.15) is 0 Å². The highest BCUT2D eigenvalue weighted by Gasteiger charge is 2.39. The fourth-order valence-corrected chi connectivity index (χ4v) is 4.02. The monoisotopic (exact) mass is 484 g/mol. The Morgan fingerprint density at radius 3 is 2.09 bits per heavy atom. The number of esters is 3. The highest BCUT2D eigenvalue weighted by Crippen LogP contribution is 2.41. The molecule has 0 aromatic heterocycles. The largest absolute Gasteiger partial charge is 0.463 e. The van der Waals surface area contributed by atoms with Crippen LogP contribution in [0.25, 0.3) is 6.08 Å². The van der Waals surface area contributed by atoms with Gasteiger partial charge in [0.05, 0.1) is 36.9 Å². The SMILES string of the molecule is CCOC(=O)C1=C(C)NC(CN(C)C)=C(C(=O)OCC)C1c1ccccc1/C=C(\C)C(=O)OCC. The van der Waals surface area contributed by atoms with Crippen LogP contribution in [0.2, 0.25) is 0 Å². The fraction of sp³-hybridized carbons (Fsp3) is 0.444. The van der Waals surface area contributed by atoms with Crippen molar-refractivity contribution in [1.29, 1.82) is 0 Å². The quantitative estimate of drug-likeness (QED) is 0.306. The Bertz CT molecular complexity index is 1050. The van der Waals surface area contributed by atoms with E-state index in [0.717, 1.165) is 0 Å². The third kappa shape index (κ3) is 6.82. The van der Waals surface area contributed by atoms with Gasteiger partial charge in [-0.05, 0) is 65.9 Å². The summed E-state index contributed by atoms with van der Waals surface area (Å²) >= 11 is 0. The average molecular weight is 485 g/mol. The predicted octanol–water partition coefficient (Wildman–Crippen LogP) is 3.56. The van der Waals surface area contributed by atoms with Crippen molar-refractivity contribution in [3.05, 3.63) is 63.5 Å². The van der Waals surface area contributed by atoms with Crippen LogP contribution >= 0.6 is 0 Å². The summed E-state index contributed by atoms with van der Waals surface area (Å²) in [6.07, 6.45) is 1.71. The van der Waals surface area contributed by atoms with E-state index in [0.29, 0.717) is 45.8 Å². The van der Waals surface area contributed by atoms with E-state index >= 15 is 0 Å². The molecule has 8 nitrogen and oxygen atoms in total. The van der Waals surface area contributed by atoms with Gasteiger partial charge in [-0.15, -0.1) is 0 Å². The van der Waals surface area contributed by atoms with Crippen LogP contribution in [0.15, 0.2) is 52.4 Å². The zero-order valence-corrected chi connectivity index (χ0v) is 21.7. The first kappa shape index (κ1) is 27.9. The molecule has 0 saturated carbocycles. The lowest BCUT2D eigenvalue weighted by molar-refractivity contribution is -0.140. The summed E-state index contributed by atoms with van der Waals surface area (Å²) in [6.45, 7) is 9.75. The molecule has 0 radical (unpaired) electrons. The number of rotatable bonds is 10. The molecule has 8 heteroatoms. The van der Waals surface area contributed by atoms with E-state index in [4.69, 9.17) is 14.2 Å². The highest BCUT2D eigenvalue weighted by atomic mass is 16.5. The van der Waals surface area contributed by atoms with Gasteiger partial charge in [0.15, 0.2) is 0 Å². The van der Waals surface area contributed by atoms with Crippen LogP contribution in [0.5, 0.6) is 0 Å². The Hall–Kier alpha value is -3.39. The molecular weight excluding hydrogens is 448 g/mol. The summed E-state index contributed by atoms with van der Waals surface area (Å²) < 4.78 is 16.0. The van der Waals surface area contributed by atoms with Crippen LogP contribution in [0, 0.1) is 0 Å². The molecule has 0 bridgehead atoms. The summed E-state index contributed by atoms with van der Waals surface area (Å²) in [5.74, 6) is -2.22. The van der Waals surface area contributed by atoms with E-state index < -0.39 is 23.8 Å². The number of nitrogens with zero attached hydrogens (tertiary/aromatic N) is 1. The fourth-order valence-electron chi connectivity index (χ4n) is 4.02. The molecule has 0 amide bonds. The molecule has 1 aliphatic rings. The van der Waals surface area contributed by atoms with Gasteiger partial charge in [0.25, 0.3) is 0 Å². The Kier molecular flexibility index (Phi) is 10.3. The van der Waals surface area contributed by atoms with Crippen molar-refractivity contribution in [2.45, 2.75) is 40.5 Å². The van der Waals surface area contributed by atoms with Crippen LogP contribution in [-0.4, -0.2) is 63.3 Å². The first-order valence-electron chi connectivity index (χ1n) is 11.8. The Labute approximate surface area is 207 Å². The van der Waals surface area contributed by atoms with E-state index in [1.807, 2.05) is 43.3 Å². The van der Waals surface area contributed by atoms with Gasteiger partial charge in [0.2, 0.25) is 0 Å². The number of likely N-dealkylation sites (N-methyl/N-ethyl adjacent to an activating group) is 1. The van der Waals surface area contributed by atoms with Crippen LogP contribution in [0.4, 0.5) is 0 Å². The van der Waals surface area contributed by atoms with Gasteiger partial charge >= 0.3 is 17.9 Å². The number of dihydropyridines is 1. The summed E-state index contributed by atoms with van der Waals surface area (Å²) in [4.78, 5) is 40.7. The maximum atomic E-state index is 13.3. The van der Waals surface area contributed by atoms with Gasteiger partial charge < -0.3 is 24.4 Å². The number of ether oxygens (including phenoxy) is 3. The Morgan fingerprint density at radius 1 is 0.943 bits per heavy atom. The van der Waals surface area contributed by atoms with Gasteiger partial charge in [-0.1, -0.05) is 24.3 Å². The summed E-state index contributed by atoms with van der Waals surface area (Å²) in [5, 5.41) is 3.25. The van der Waals surface area contributed by atoms with Gasteiger partial charge in [-0.3, -0.25) is 0 Å². The molecule has 2 rings (SSSR count). The highest BCUT2D eigenvalue weighted by molar-refractivity contribution is 6.00. The molecule has 1 N–H and O–H groups in total. The second-order valence-electron chi connectivity index (χ2n) is 8.34. The molecule has 1 aromatic carbocycles. The van der Waals surface area contributed by atoms with E-state index in [1.165, 1.54) is 0 Å². The molecule has 1 heterocycles. The minimum absolute atomic E-state index is 0.186. The molecule has 0 aliphatic carbocycles. The molecule has 0 saturated heterocycles. The molecule has 190 valence electrons. The summed E-state index contributed by atoms with van der Waals surface area (Å²) in [6, 6.07) is 7.36. The average Bonchev–Trinajstić information content (AvgIpc) is 2.79.